The summed E-state index contributed by atoms with van der Waals surface area (Å²) in [5.74, 6) is 0.369. The lowest BCUT2D eigenvalue weighted by Crippen LogP contribution is -2.36. The van der Waals surface area contributed by atoms with Gasteiger partial charge in [0.25, 0.3) is 5.91 Å². The fourth-order valence-electron chi connectivity index (χ4n) is 5.77. The molecule has 2 spiro atoms. The summed E-state index contributed by atoms with van der Waals surface area (Å²) in [6, 6.07) is 6.82. The SMILES string of the molecule is O=C(Nc1nccc(N2CCC3(CC3)C2)n1)c1ccc(NS(=O)(=O)CCO)cc1N1CCC2(CC1)CC2. The van der Waals surface area contributed by atoms with Crippen LogP contribution in [0.1, 0.15) is 55.3 Å². The molecule has 3 heterocycles. The fourth-order valence-corrected chi connectivity index (χ4v) is 6.60. The fraction of sp³-hybridized carbons (Fsp3) is 0.577. The van der Waals surface area contributed by atoms with Crippen LogP contribution in [0.4, 0.5) is 23.1 Å². The molecule has 2 aliphatic carbocycles. The molecule has 2 aromatic rings. The van der Waals surface area contributed by atoms with Crippen molar-refractivity contribution < 1.29 is 18.3 Å². The Morgan fingerprint density at radius 1 is 0.973 bits per heavy atom. The summed E-state index contributed by atoms with van der Waals surface area (Å²) in [6.07, 6.45) is 10.1. The van der Waals surface area contributed by atoms with Crippen LogP contribution in [0, 0.1) is 10.8 Å². The number of aromatic nitrogens is 2. The molecule has 4 fully saturated rings. The second-order valence-corrected chi connectivity index (χ2v) is 13.1. The minimum Gasteiger partial charge on any atom is -0.395 e. The molecule has 0 atom stereocenters. The van der Waals surface area contributed by atoms with Crippen molar-refractivity contribution in [2.45, 2.75) is 44.9 Å². The number of nitrogens with zero attached hydrogens (tertiary/aromatic N) is 4. The highest BCUT2D eigenvalue weighted by Crippen LogP contribution is 2.54. The lowest BCUT2D eigenvalue weighted by molar-refractivity contribution is 0.102. The van der Waals surface area contributed by atoms with Crippen molar-refractivity contribution in [3.8, 4) is 0 Å². The molecule has 2 aliphatic heterocycles. The van der Waals surface area contributed by atoms with Crippen molar-refractivity contribution in [3.63, 3.8) is 0 Å². The highest BCUT2D eigenvalue weighted by Gasteiger charge is 2.48. The number of sulfonamides is 1. The maximum atomic E-state index is 13.5. The number of carbonyl (C=O) groups is 1. The van der Waals surface area contributed by atoms with Gasteiger partial charge in [0.1, 0.15) is 5.82 Å². The van der Waals surface area contributed by atoms with Gasteiger partial charge >= 0.3 is 0 Å². The predicted octanol–water partition coefficient (Wildman–Crippen LogP) is 2.83. The van der Waals surface area contributed by atoms with Gasteiger partial charge in [0.05, 0.1) is 29.3 Å². The maximum absolute atomic E-state index is 13.5. The van der Waals surface area contributed by atoms with E-state index in [-0.39, 0.29) is 17.6 Å². The number of anilines is 4. The largest absolute Gasteiger partial charge is 0.395 e. The van der Waals surface area contributed by atoms with Gasteiger partial charge in [-0.2, -0.15) is 4.98 Å². The van der Waals surface area contributed by atoms with E-state index < -0.39 is 16.6 Å². The number of amides is 1. The van der Waals surface area contributed by atoms with Crippen LogP contribution in [0.5, 0.6) is 0 Å². The highest BCUT2D eigenvalue weighted by atomic mass is 32.2. The Balaban J connectivity index is 1.23. The molecule has 1 aromatic heterocycles. The molecule has 198 valence electrons. The topological polar surface area (TPSA) is 128 Å². The second kappa shape index (κ2) is 9.13. The first-order valence-electron chi connectivity index (χ1n) is 13.2. The van der Waals surface area contributed by atoms with Crippen molar-refractivity contribution in [1.82, 2.24) is 9.97 Å². The van der Waals surface area contributed by atoms with Gasteiger partial charge in [-0.05, 0) is 80.0 Å². The molecule has 4 aliphatic rings. The Labute approximate surface area is 217 Å². The quantitative estimate of drug-likeness (QED) is 0.479. The molecule has 37 heavy (non-hydrogen) atoms. The van der Waals surface area contributed by atoms with E-state index in [1.807, 2.05) is 6.07 Å². The minimum absolute atomic E-state index is 0.258. The molecule has 11 heteroatoms. The third kappa shape index (κ3) is 5.24. The zero-order valence-electron chi connectivity index (χ0n) is 20.9. The Hall–Kier alpha value is -2.92. The minimum atomic E-state index is -3.68. The van der Waals surface area contributed by atoms with E-state index in [9.17, 15) is 13.2 Å². The van der Waals surface area contributed by atoms with Crippen LogP contribution in [-0.4, -0.2) is 67.9 Å². The maximum Gasteiger partial charge on any atom is 0.260 e. The summed E-state index contributed by atoms with van der Waals surface area (Å²) in [4.78, 5) is 26.8. The summed E-state index contributed by atoms with van der Waals surface area (Å²) in [5, 5.41) is 11.9. The van der Waals surface area contributed by atoms with E-state index in [1.54, 1.807) is 24.4 Å². The first kappa shape index (κ1) is 24.4. The van der Waals surface area contributed by atoms with E-state index in [2.05, 4.69) is 29.8 Å². The zero-order chi connectivity index (χ0) is 25.7. The molecule has 10 nitrogen and oxygen atoms in total. The summed E-state index contributed by atoms with van der Waals surface area (Å²) in [6.45, 7) is 3.14. The third-order valence-corrected chi connectivity index (χ3v) is 9.85. The van der Waals surface area contributed by atoms with Gasteiger partial charge in [-0.25, -0.2) is 13.4 Å². The molecular weight excluding hydrogens is 492 g/mol. The molecule has 6 rings (SSSR count). The normalized spacial score (nSPS) is 21.3. The molecule has 2 saturated carbocycles. The Morgan fingerprint density at radius 3 is 2.35 bits per heavy atom. The lowest BCUT2D eigenvalue weighted by Gasteiger charge is -2.35. The monoisotopic (exact) mass is 526 g/mol. The average molecular weight is 527 g/mol. The number of hydrogen-bond acceptors (Lipinski definition) is 8. The standard InChI is InChI=1S/C26H34N6O4S/c33-15-16-37(35,36)30-19-1-2-20(21(17-19)31-12-8-25(4-5-25)9-13-31)23(34)29-24-27-11-3-22(28-24)32-14-10-26(18-32)6-7-26/h1-3,11,17,30,33H,4-10,12-16,18H2,(H,27,28,29,34). The van der Waals surface area contributed by atoms with E-state index >= 15 is 0 Å². The van der Waals surface area contributed by atoms with E-state index in [0.717, 1.165) is 44.8 Å². The van der Waals surface area contributed by atoms with E-state index in [1.165, 1.54) is 32.1 Å². The van der Waals surface area contributed by atoms with Crippen LogP contribution < -0.4 is 19.8 Å². The lowest BCUT2D eigenvalue weighted by atomic mass is 9.93. The summed E-state index contributed by atoms with van der Waals surface area (Å²) in [7, 11) is -3.68. The second-order valence-electron chi connectivity index (χ2n) is 11.2. The molecule has 1 amide bonds. The number of hydrogen-bond donors (Lipinski definition) is 3. The first-order chi connectivity index (χ1) is 17.8. The Kier molecular flexibility index (Phi) is 6.02. The van der Waals surface area contributed by atoms with E-state index in [4.69, 9.17) is 5.11 Å². The summed E-state index contributed by atoms with van der Waals surface area (Å²) < 4.78 is 27.0. The number of aliphatic hydroxyl groups is 1. The van der Waals surface area contributed by atoms with Crippen LogP contribution in [0.3, 0.4) is 0 Å². The number of piperidine rings is 1. The first-order valence-corrected chi connectivity index (χ1v) is 14.8. The number of benzene rings is 1. The van der Waals surface area contributed by atoms with Crippen LogP contribution in [0.15, 0.2) is 30.5 Å². The van der Waals surface area contributed by atoms with Gasteiger partial charge in [-0.3, -0.25) is 14.8 Å². The molecular formula is C26H34N6O4S. The zero-order valence-corrected chi connectivity index (χ0v) is 21.8. The van der Waals surface area contributed by atoms with Crippen LogP contribution in [-0.2, 0) is 10.0 Å². The molecule has 0 unspecified atom stereocenters. The van der Waals surface area contributed by atoms with Crippen molar-refractivity contribution in [1.29, 1.82) is 0 Å². The van der Waals surface area contributed by atoms with Crippen molar-refractivity contribution in [2.75, 3.05) is 58.4 Å². The number of nitrogens with one attached hydrogen (secondary N) is 2. The summed E-state index contributed by atoms with van der Waals surface area (Å²) in [5.41, 5.74) is 2.43. The molecule has 0 bridgehead atoms. The van der Waals surface area contributed by atoms with Crippen molar-refractivity contribution in [2.24, 2.45) is 10.8 Å². The van der Waals surface area contributed by atoms with Crippen LogP contribution in [0.25, 0.3) is 0 Å². The van der Waals surface area contributed by atoms with Crippen molar-refractivity contribution in [3.05, 3.63) is 36.0 Å². The molecule has 0 radical (unpaired) electrons. The smallest absolute Gasteiger partial charge is 0.260 e. The third-order valence-electron chi connectivity index (χ3n) is 8.58. The van der Waals surface area contributed by atoms with Gasteiger partial charge < -0.3 is 14.9 Å². The van der Waals surface area contributed by atoms with Gasteiger partial charge in [0.2, 0.25) is 16.0 Å². The van der Waals surface area contributed by atoms with Gasteiger partial charge in [-0.15, -0.1) is 0 Å². The number of aliphatic hydroxyl groups excluding tert-OH is 1. The molecule has 3 N–H and O–H groups in total. The van der Waals surface area contributed by atoms with Gasteiger partial charge in [0, 0.05) is 32.4 Å². The Bertz CT molecular complexity index is 1300. The van der Waals surface area contributed by atoms with Crippen LogP contribution in [0.2, 0.25) is 0 Å². The van der Waals surface area contributed by atoms with Gasteiger partial charge in [-0.1, -0.05) is 0 Å². The van der Waals surface area contributed by atoms with Crippen molar-refractivity contribution >= 4 is 39.1 Å². The Morgan fingerprint density at radius 2 is 1.68 bits per heavy atom. The predicted molar refractivity (Wildman–Crippen MR) is 143 cm³/mol. The average Bonchev–Trinajstić information content (AvgIpc) is 3.77. The van der Waals surface area contributed by atoms with E-state index in [0.29, 0.717) is 27.8 Å². The van der Waals surface area contributed by atoms with Gasteiger partial charge in [0.15, 0.2) is 0 Å². The number of rotatable bonds is 8. The molecule has 1 aromatic carbocycles. The highest BCUT2D eigenvalue weighted by molar-refractivity contribution is 7.92. The van der Waals surface area contributed by atoms with Crippen LogP contribution >= 0.6 is 0 Å². The molecule has 2 saturated heterocycles. The number of carbonyl (C=O) groups excluding carboxylic acids is 1. The summed E-state index contributed by atoms with van der Waals surface area (Å²) >= 11 is 0.